The number of rotatable bonds is 6. The second-order valence-electron chi connectivity index (χ2n) is 4.53. The topological polar surface area (TPSA) is 148 Å². The fraction of sp³-hybridized carbons (Fsp3) is 0.500. The highest BCUT2D eigenvalue weighted by Gasteiger charge is 2.38. The smallest absolute Gasteiger partial charge is 0.480 e. The first-order valence-electron chi connectivity index (χ1n) is 6.46. The van der Waals surface area contributed by atoms with Crippen LogP contribution in [0.1, 0.15) is 12.1 Å². The minimum Gasteiger partial charge on any atom is -0.480 e. The molecule has 1 atom stereocenters. The molecule has 0 saturated carbocycles. The van der Waals surface area contributed by atoms with Gasteiger partial charge >= 0.3 is 18.1 Å². The fourth-order valence-corrected chi connectivity index (χ4v) is 1.38. The Morgan fingerprint density at radius 1 is 1.38 bits per heavy atom. The Morgan fingerprint density at radius 2 is 1.92 bits per heavy atom. The minimum absolute atomic E-state index is 0.117. The third-order valence-corrected chi connectivity index (χ3v) is 2.42. The minimum atomic E-state index is -5.08. The molecule has 0 aliphatic heterocycles. The molecule has 0 fully saturated rings. The van der Waals surface area contributed by atoms with Crippen LogP contribution >= 0.6 is 0 Å². The summed E-state index contributed by atoms with van der Waals surface area (Å²) in [4.78, 5) is 35.2. The molecule has 0 spiro atoms. The summed E-state index contributed by atoms with van der Waals surface area (Å²) in [6, 6.07) is -0.969. The van der Waals surface area contributed by atoms with E-state index in [0.717, 1.165) is 0 Å². The summed E-state index contributed by atoms with van der Waals surface area (Å²) < 4.78 is 33.5. The van der Waals surface area contributed by atoms with Crippen LogP contribution in [0, 0.1) is 0 Å². The van der Waals surface area contributed by atoms with Gasteiger partial charge in [-0.3, -0.25) is 4.79 Å². The van der Waals surface area contributed by atoms with Crippen molar-refractivity contribution in [2.24, 2.45) is 12.8 Å². The quantitative estimate of drug-likeness (QED) is 0.539. The summed E-state index contributed by atoms with van der Waals surface area (Å²) >= 11 is 0. The number of nitrogens with one attached hydrogen (secondary N) is 1. The van der Waals surface area contributed by atoms with Gasteiger partial charge in [0.15, 0.2) is 0 Å². The number of aryl methyl sites for hydroxylation is 1. The van der Waals surface area contributed by atoms with Crippen LogP contribution in [-0.2, 0) is 27.9 Å². The number of amides is 1. The molecule has 136 valence electrons. The van der Waals surface area contributed by atoms with Crippen LogP contribution in [0.4, 0.5) is 13.2 Å². The van der Waals surface area contributed by atoms with E-state index in [0.29, 0.717) is 5.69 Å². The number of hydrogen-bond acceptors (Lipinski definition) is 5. The number of halogens is 3. The molecule has 0 aromatic carbocycles. The molecule has 1 aromatic heterocycles. The molecule has 24 heavy (non-hydrogen) atoms. The van der Waals surface area contributed by atoms with E-state index in [1.807, 2.05) is 0 Å². The summed E-state index contributed by atoms with van der Waals surface area (Å²) in [6.45, 7) is 0.196. The Labute approximate surface area is 134 Å². The van der Waals surface area contributed by atoms with Gasteiger partial charge in [-0.05, 0) is 0 Å². The molecule has 0 saturated heterocycles. The van der Waals surface area contributed by atoms with Crippen molar-refractivity contribution in [2.75, 3.05) is 6.54 Å². The predicted octanol–water partition coefficient (Wildman–Crippen LogP) is -0.486. The molecule has 0 unspecified atom stereocenters. The number of nitrogens with zero attached hydrogens (tertiary/aromatic N) is 2. The number of carbonyl (C=O) groups excluding carboxylic acids is 1. The van der Waals surface area contributed by atoms with Crippen molar-refractivity contribution in [3.05, 3.63) is 18.2 Å². The van der Waals surface area contributed by atoms with Gasteiger partial charge in [-0.15, -0.1) is 0 Å². The third-order valence-electron chi connectivity index (χ3n) is 2.42. The summed E-state index contributed by atoms with van der Waals surface area (Å²) in [7, 11) is 1.79. The fourth-order valence-electron chi connectivity index (χ4n) is 1.38. The van der Waals surface area contributed by atoms with Gasteiger partial charge in [-0.2, -0.15) is 13.2 Å². The van der Waals surface area contributed by atoms with Crippen molar-refractivity contribution in [2.45, 2.75) is 25.1 Å². The number of hydrogen-bond donors (Lipinski definition) is 4. The van der Waals surface area contributed by atoms with E-state index in [2.05, 4.69) is 10.3 Å². The maximum Gasteiger partial charge on any atom is 0.490 e. The van der Waals surface area contributed by atoms with Gasteiger partial charge in [-0.1, -0.05) is 0 Å². The molecule has 0 aliphatic carbocycles. The van der Waals surface area contributed by atoms with E-state index in [1.54, 1.807) is 24.1 Å². The normalized spacial score (nSPS) is 11.9. The molecule has 12 heteroatoms. The van der Waals surface area contributed by atoms with Gasteiger partial charge in [0.2, 0.25) is 5.91 Å². The van der Waals surface area contributed by atoms with Gasteiger partial charge in [0.05, 0.1) is 12.0 Å². The summed E-state index contributed by atoms with van der Waals surface area (Å²) in [6.07, 6.45) is -1.51. The summed E-state index contributed by atoms with van der Waals surface area (Å²) in [5.41, 5.74) is 5.83. The Morgan fingerprint density at radius 3 is 2.25 bits per heavy atom. The highest BCUT2D eigenvalue weighted by atomic mass is 19.4. The lowest BCUT2D eigenvalue weighted by molar-refractivity contribution is -0.192. The predicted molar refractivity (Wildman–Crippen MR) is 73.8 cm³/mol. The number of carbonyl (C=O) groups is 3. The first kappa shape index (κ1) is 21.4. The van der Waals surface area contributed by atoms with Crippen LogP contribution < -0.4 is 11.1 Å². The van der Waals surface area contributed by atoms with Gasteiger partial charge < -0.3 is 25.8 Å². The average Bonchev–Trinajstić information content (AvgIpc) is 2.83. The Balaban J connectivity index is 0.000000640. The first-order chi connectivity index (χ1) is 11.0. The number of imidazole rings is 1. The number of aliphatic carboxylic acids is 2. The molecule has 0 aliphatic rings. The first-order valence-corrected chi connectivity index (χ1v) is 6.46. The number of aromatic nitrogens is 2. The van der Waals surface area contributed by atoms with Crippen LogP contribution in [0.3, 0.4) is 0 Å². The second-order valence-corrected chi connectivity index (χ2v) is 4.53. The Kier molecular flexibility index (Phi) is 8.46. The molecular weight excluding hydrogens is 337 g/mol. The van der Waals surface area contributed by atoms with E-state index in [4.69, 9.17) is 20.7 Å². The van der Waals surface area contributed by atoms with Gasteiger partial charge in [0.25, 0.3) is 0 Å². The van der Waals surface area contributed by atoms with Crippen molar-refractivity contribution < 1.29 is 37.8 Å². The monoisotopic (exact) mass is 354 g/mol. The van der Waals surface area contributed by atoms with Gasteiger partial charge in [0, 0.05) is 32.6 Å². The number of nitrogens with two attached hydrogens (primary N) is 1. The van der Waals surface area contributed by atoms with Crippen LogP contribution in [0.2, 0.25) is 0 Å². The van der Waals surface area contributed by atoms with Crippen molar-refractivity contribution in [1.29, 1.82) is 0 Å². The SMILES string of the molecule is Cn1cnc(C[C@H](NC(=O)CCN)C(=O)O)c1.O=C(O)C(F)(F)F. The van der Waals surface area contributed by atoms with Crippen molar-refractivity contribution in [3.8, 4) is 0 Å². The molecule has 9 nitrogen and oxygen atoms in total. The summed E-state index contributed by atoms with van der Waals surface area (Å²) in [5, 5.41) is 18.5. The van der Waals surface area contributed by atoms with E-state index < -0.39 is 24.2 Å². The maximum atomic E-state index is 11.3. The molecule has 1 rings (SSSR count). The molecule has 1 aromatic rings. The lowest BCUT2D eigenvalue weighted by Gasteiger charge is -2.12. The highest BCUT2D eigenvalue weighted by molar-refractivity contribution is 5.83. The average molecular weight is 354 g/mol. The van der Waals surface area contributed by atoms with Crippen LogP contribution in [0.25, 0.3) is 0 Å². The third kappa shape index (κ3) is 8.73. The second kappa shape index (κ2) is 9.50. The number of carboxylic acid groups (broad SMARTS) is 2. The van der Waals surface area contributed by atoms with Crippen molar-refractivity contribution in [1.82, 2.24) is 14.9 Å². The molecule has 1 heterocycles. The molecule has 0 radical (unpaired) electrons. The van der Waals surface area contributed by atoms with Crippen LogP contribution in [0.5, 0.6) is 0 Å². The highest BCUT2D eigenvalue weighted by Crippen LogP contribution is 2.13. The molecule has 0 bridgehead atoms. The zero-order chi connectivity index (χ0) is 18.9. The molecule has 1 amide bonds. The standard InChI is InChI=1S/C10H16N4O3.C2HF3O2/c1-14-5-7(12-6-14)4-8(10(16)17)13-9(15)2-3-11;3-2(4,5)1(6)7/h5-6,8H,2-4,11H2,1H3,(H,13,15)(H,16,17);(H,6,7)/t8-;/m0./s1. The van der Waals surface area contributed by atoms with Crippen LogP contribution in [-0.4, -0.2) is 56.4 Å². The molecular formula is C12H17F3N4O5. The molecule has 5 N–H and O–H groups in total. The van der Waals surface area contributed by atoms with Crippen LogP contribution in [0.15, 0.2) is 12.5 Å². The van der Waals surface area contributed by atoms with Crippen molar-refractivity contribution >= 4 is 17.8 Å². The van der Waals surface area contributed by atoms with Gasteiger partial charge in [0.1, 0.15) is 6.04 Å². The largest absolute Gasteiger partial charge is 0.490 e. The maximum absolute atomic E-state index is 11.3. The summed E-state index contributed by atoms with van der Waals surface area (Å²) in [5.74, 6) is -4.20. The van der Waals surface area contributed by atoms with E-state index >= 15 is 0 Å². The van der Waals surface area contributed by atoms with Crippen molar-refractivity contribution in [3.63, 3.8) is 0 Å². The van der Waals surface area contributed by atoms with E-state index in [-0.39, 0.29) is 25.3 Å². The zero-order valence-electron chi connectivity index (χ0n) is 12.6. The lowest BCUT2D eigenvalue weighted by atomic mass is 10.1. The zero-order valence-corrected chi connectivity index (χ0v) is 12.6. The number of carboxylic acids is 2. The van der Waals surface area contributed by atoms with E-state index in [9.17, 15) is 22.8 Å². The van der Waals surface area contributed by atoms with Gasteiger partial charge in [-0.25, -0.2) is 14.6 Å². The Hall–Kier alpha value is -2.63. The Bertz CT molecular complexity index is 573. The number of alkyl halides is 3. The lowest BCUT2D eigenvalue weighted by Crippen LogP contribution is -2.42. The van der Waals surface area contributed by atoms with E-state index in [1.165, 1.54) is 0 Å².